The Labute approximate surface area is 126 Å². The molecule has 0 radical (unpaired) electrons. The lowest BCUT2D eigenvalue weighted by atomic mass is 9.93. The average Bonchev–Trinajstić information content (AvgIpc) is 2.88. The first-order valence-electron chi connectivity index (χ1n) is 7.37. The zero-order valence-corrected chi connectivity index (χ0v) is 14.1. The summed E-state index contributed by atoms with van der Waals surface area (Å²) in [7, 11) is 0. The maximum atomic E-state index is 4.77. The molecule has 1 aliphatic heterocycles. The Balaban J connectivity index is 2.06. The van der Waals surface area contributed by atoms with Gasteiger partial charge in [0.1, 0.15) is 5.01 Å². The van der Waals surface area contributed by atoms with E-state index < -0.39 is 0 Å². The number of hydrogen-bond donors (Lipinski definition) is 1. The van der Waals surface area contributed by atoms with E-state index in [-0.39, 0.29) is 0 Å². The molecule has 2 rings (SSSR count). The molecule has 0 spiro atoms. The number of nitrogens with zero attached hydrogens (tertiary/aromatic N) is 3. The second kappa shape index (κ2) is 6.12. The van der Waals surface area contributed by atoms with Crippen LogP contribution in [0.3, 0.4) is 0 Å². The fourth-order valence-electron chi connectivity index (χ4n) is 2.47. The monoisotopic (exact) mass is 294 g/mol. The molecule has 1 fully saturated rings. The molecule has 0 aliphatic carbocycles. The van der Waals surface area contributed by atoms with Crippen LogP contribution in [-0.2, 0) is 6.54 Å². The standard InChI is InChI=1S/C15H26N4S/c1-6-16-14(19-8-7-15(4,5)10-19)17-9-13-18-11(2)12(3)20-13/h6-10H2,1-5H3,(H,16,17). The van der Waals surface area contributed by atoms with Gasteiger partial charge in [-0.25, -0.2) is 9.98 Å². The number of aryl methyl sites for hydroxylation is 2. The van der Waals surface area contributed by atoms with Crippen molar-refractivity contribution in [3.63, 3.8) is 0 Å². The minimum atomic E-state index is 0.393. The molecule has 20 heavy (non-hydrogen) atoms. The molecular weight excluding hydrogens is 268 g/mol. The Bertz CT molecular complexity index is 471. The van der Waals surface area contributed by atoms with E-state index in [1.165, 1.54) is 11.3 Å². The molecule has 0 amide bonds. The van der Waals surface area contributed by atoms with Gasteiger partial charge in [0, 0.05) is 24.5 Å². The average molecular weight is 294 g/mol. The molecule has 1 aromatic rings. The summed E-state index contributed by atoms with van der Waals surface area (Å²) >= 11 is 1.75. The SMILES string of the molecule is CCNC(=NCc1nc(C)c(C)s1)N1CCC(C)(C)C1. The van der Waals surface area contributed by atoms with E-state index in [4.69, 9.17) is 4.99 Å². The highest BCUT2D eigenvalue weighted by atomic mass is 32.1. The van der Waals surface area contributed by atoms with Gasteiger partial charge in [0.2, 0.25) is 0 Å². The van der Waals surface area contributed by atoms with E-state index in [0.29, 0.717) is 12.0 Å². The molecule has 4 nitrogen and oxygen atoms in total. The van der Waals surface area contributed by atoms with Crippen LogP contribution in [0.4, 0.5) is 0 Å². The number of hydrogen-bond acceptors (Lipinski definition) is 3. The van der Waals surface area contributed by atoms with Crippen molar-refractivity contribution >= 4 is 17.3 Å². The third-order valence-electron chi connectivity index (χ3n) is 3.75. The van der Waals surface area contributed by atoms with Crippen molar-refractivity contribution in [3.8, 4) is 0 Å². The molecule has 0 saturated carbocycles. The minimum absolute atomic E-state index is 0.393. The maximum absolute atomic E-state index is 4.77. The summed E-state index contributed by atoms with van der Waals surface area (Å²) in [4.78, 5) is 13.0. The minimum Gasteiger partial charge on any atom is -0.357 e. The summed E-state index contributed by atoms with van der Waals surface area (Å²) in [6.45, 7) is 14.7. The second-order valence-corrected chi connectivity index (χ2v) is 7.54. The van der Waals surface area contributed by atoms with Crippen molar-refractivity contribution in [2.45, 2.75) is 47.6 Å². The van der Waals surface area contributed by atoms with Gasteiger partial charge in [0.25, 0.3) is 0 Å². The molecule has 0 unspecified atom stereocenters. The molecule has 0 bridgehead atoms. The zero-order valence-electron chi connectivity index (χ0n) is 13.3. The highest BCUT2D eigenvalue weighted by Gasteiger charge is 2.30. The topological polar surface area (TPSA) is 40.5 Å². The Hall–Kier alpha value is -1.10. The van der Waals surface area contributed by atoms with E-state index in [0.717, 1.165) is 36.3 Å². The van der Waals surface area contributed by atoms with Crippen LogP contribution in [0.15, 0.2) is 4.99 Å². The van der Waals surface area contributed by atoms with Gasteiger partial charge in [0.05, 0.1) is 12.2 Å². The van der Waals surface area contributed by atoms with Crippen molar-refractivity contribution in [2.75, 3.05) is 19.6 Å². The van der Waals surface area contributed by atoms with Crippen LogP contribution < -0.4 is 5.32 Å². The van der Waals surface area contributed by atoms with Gasteiger partial charge in [-0.3, -0.25) is 0 Å². The molecule has 1 saturated heterocycles. The molecule has 1 aliphatic rings. The Kier molecular flexibility index (Phi) is 4.68. The number of aliphatic imine (C=N–C) groups is 1. The lowest BCUT2D eigenvalue weighted by Gasteiger charge is -2.23. The Morgan fingerprint density at radius 2 is 2.20 bits per heavy atom. The number of likely N-dealkylation sites (tertiary alicyclic amines) is 1. The molecule has 0 atom stereocenters. The van der Waals surface area contributed by atoms with Crippen LogP contribution in [0.5, 0.6) is 0 Å². The molecule has 112 valence electrons. The van der Waals surface area contributed by atoms with Crippen LogP contribution in [0, 0.1) is 19.3 Å². The van der Waals surface area contributed by atoms with Gasteiger partial charge < -0.3 is 10.2 Å². The van der Waals surface area contributed by atoms with Gasteiger partial charge in [0.15, 0.2) is 5.96 Å². The first-order valence-corrected chi connectivity index (χ1v) is 8.19. The van der Waals surface area contributed by atoms with Crippen LogP contribution >= 0.6 is 11.3 Å². The van der Waals surface area contributed by atoms with Crippen molar-refractivity contribution in [1.29, 1.82) is 0 Å². The summed E-state index contributed by atoms with van der Waals surface area (Å²) in [6.07, 6.45) is 1.23. The molecular formula is C15H26N4S. The van der Waals surface area contributed by atoms with Gasteiger partial charge in [-0.1, -0.05) is 13.8 Å². The van der Waals surface area contributed by atoms with Crippen LogP contribution in [0.2, 0.25) is 0 Å². The number of rotatable bonds is 3. The number of thiazole rings is 1. The lowest BCUT2D eigenvalue weighted by molar-refractivity contribution is 0.370. The van der Waals surface area contributed by atoms with Gasteiger partial charge in [-0.05, 0) is 32.6 Å². The fourth-order valence-corrected chi connectivity index (χ4v) is 3.33. The molecule has 1 aromatic heterocycles. The first-order chi connectivity index (χ1) is 9.41. The maximum Gasteiger partial charge on any atom is 0.194 e. The zero-order chi connectivity index (χ0) is 14.8. The van der Waals surface area contributed by atoms with E-state index in [1.54, 1.807) is 11.3 Å². The van der Waals surface area contributed by atoms with Crippen molar-refractivity contribution < 1.29 is 0 Å². The molecule has 5 heteroatoms. The van der Waals surface area contributed by atoms with Gasteiger partial charge in [-0.2, -0.15) is 0 Å². The van der Waals surface area contributed by atoms with E-state index in [1.807, 2.05) is 0 Å². The molecule has 0 aromatic carbocycles. The van der Waals surface area contributed by atoms with E-state index in [2.05, 4.69) is 49.8 Å². The lowest BCUT2D eigenvalue weighted by Crippen LogP contribution is -2.40. The Morgan fingerprint density at radius 3 is 2.70 bits per heavy atom. The van der Waals surface area contributed by atoms with Gasteiger partial charge in [-0.15, -0.1) is 11.3 Å². The summed E-state index contributed by atoms with van der Waals surface area (Å²) in [5.74, 6) is 1.03. The summed E-state index contributed by atoms with van der Waals surface area (Å²) in [6, 6.07) is 0. The van der Waals surface area contributed by atoms with Crippen LogP contribution in [0.25, 0.3) is 0 Å². The van der Waals surface area contributed by atoms with Crippen LogP contribution in [-0.4, -0.2) is 35.5 Å². The summed E-state index contributed by atoms with van der Waals surface area (Å²) in [5, 5.41) is 4.51. The molecule has 1 N–H and O–H groups in total. The van der Waals surface area contributed by atoms with Crippen LogP contribution in [0.1, 0.15) is 42.8 Å². The number of aromatic nitrogens is 1. The third kappa shape index (κ3) is 3.72. The molecule has 2 heterocycles. The Morgan fingerprint density at radius 1 is 1.45 bits per heavy atom. The summed E-state index contributed by atoms with van der Waals surface area (Å²) in [5.41, 5.74) is 1.53. The highest BCUT2D eigenvalue weighted by molar-refractivity contribution is 7.11. The summed E-state index contributed by atoms with van der Waals surface area (Å²) < 4.78 is 0. The number of guanidine groups is 1. The smallest absolute Gasteiger partial charge is 0.194 e. The van der Waals surface area contributed by atoms with Crippen molar-refractivity contribution in [2.24, 2.45) is 10.4 Å². The van der Waals surface area contributed by atoms with E-state index >= 15 is 0 Å². The van der Waals surface area contributed by atoms with Gasteiger partial charge >= 0.3 is 0 Å². The van der Waals surface area contributed by atoms with Crippen molar-refractivity contribution in [3.05, 3.63) is 15.6 Å². The third-order valence-corrected chi connectivity index (χ3v) is 4.81. The van der Waals surface area contributed by atoms with E-state index in [9.17, 15) is 0 Å². The largest absolute Gasteiger partial charge is 0.357 e. The normalized spacial score (nSPS) is 18.6. The van der Waals surface area contributed by atoms with Crippen molar-refractivity contribution in [1.82, 2.24) is 15.2 Å². The first kappa shape index (κ1) is 15.3. The second-order valence-electron chi connectivity index (χ2n) is 6.26. The fraction of sp³-hybridized carbons (Fsp3) is 0.733. The highest BCUT2D eigenvalue weighted by Crippen LogP contribution is 2.28. The predicted octanol–water partition coefficient (Wildman–Crippen LogP) is 2.96. The number of nitrogens with one attached hydrogen (secondary N) is 1. The predicted molar refractivity (Wildman–Crippen MR) is 86.4 cm³/mol. The quantitative estimate of drug-likeness (QED) is 0.688.